The lowest BCUT2D eigenvalue weighted by Gasteiger charge is -2.19. The van der Waals surface area contributed by atoms with E-state index in [9.17, 15) is 8.78 Å². The molecular weight excluding hydrogens is 224 g/mol. The van der Waals surface area contributed by atoms with E-state index in [-0.39, 0.29) is 12.6 Å². The Morgan fingerprint density at radius 3 is 2.47 bits per heavy atom. The van der Waals surface area contributed by atoms with E-state index in [1.807, 2.05) is 26.0 Å². The number of nitrogens with one attached hydrogen (secondary N) is 1. The van der Waals surface area contributed by atoms with Crippen LogP contribution in [0.25, 0.3) is 0 Å². The van der Waals surface area contributed by atoms with Gasteiger partial charge in [0.15, 0.2) is 0 Å². The summed E-state index contributed by atoms with van der Waals surface area (Å²) >= 11 is 0. The predicted molar refractivity (Wildman–Crippen MR) is 64.5 cm³/mol. The van der Waals surface area contributed by atoms with Crippen molar-refractivity contribution in [2.24, 2.45) is 0 Å². The normalized spacial score (nSPS) is 13.1. The predicted octanol–water partition coefficient (Wildman–Crippen LogP) is 2.85. The average Bonchev–Trinajstić information content (AvgIpc) is 2.25. The van der Waals surface area contributed by atoms with Crippen LogP contribution in [0.5, 0.6) is 0 Å². The molecule has 0 fully saturated rings. The smallest absolute Gasteiger partial charge is 0.261 e. The number of alkyl halides is 2. The Morgan fingerprint density at radius 2 is 1.94 bits per heavy atom. The molecule has 0 bridgehead atoms. The van der Waals surface area contributed by atoms with Gasteiger partial charge in [-0.1, -0.05) is 23.8 Å². The van der Waals surface area contributed by atoms with Gasteiger partial charge in [-0.3, -0.25) is 0 Å². The second kappa shape index (κ2) is 6.67. The van der Waals surface area contributed by atoms with Crippen molar-refractivity contribution in [3.63, 3.8) is 0 Å². The lowest BCUT2D eigenvalue weighted by molar-refractivity contribution is 0.00981. The Labute approximate surface area is 101 Å². The van der Waals surface area contributed by atoms with E-state index in [1.54, 1.807) is 7.05 Å². The quantitative estimate of drug-likeness (QED) is 0.829. The molecule has 1 aromatic carbocycles. The summed E-state index contributed by atoms with van der Waals surface area (Å²) in [7, 11) is 1.80. The molecule has 1 N–H and O–H groups in total. The molecule has 96 valence electrons. The van der Waals surface area contributed by atoms with Crippen molar-refractivity contribution < 1.29 is 13.5 Å². The van der Waals surface area contributed by atoms with Crippen LogP contribution >= 0.6 is 0 Å². The Morgan fingerprint density at radius 1 is 1.24 bits per heavy atom. The van der Waals surface area contributed by atoms with Crippen molar-refractivity contribution in [2.75, 3.05) is 20.3 Å². The van der Waals surface area contributed by atoms with Crippen LogP contribution < -0.4 is 5.32 Å². The first-order chi connectivity index (χ1) is 8.04. The molecule has 17 heavy (non-hydrogen) atoms. The first-order valence-electron chi connectivity index (χ1n) is 5.65. The number of benzene rings is 1. The minimum absolute atomic E-state index is 0.0469. The maximum absolute atomic E-state index is 12.0. The zero-order valence-electron chi connectivity index (χ0n) is 10.5. The standard InChI is InChI=1S/C13H19F2NO/c1-9-4-5-11(10(2)6-9)12(16-3)7-17-8-13(14)15/h4-6,12-13,16H,7-8H2,1-3H3. The zero-order chi connectivity index (χ0) is 12.8. The van der Waals surface area contributed by atoms with Crippen molar-refractivity contribution in [1.29, 1.82) is 0 Å². The first-order valence-corrected chi connectivity index (χ1v) is 5.65. The highest BCUT2D eigenvalue weighted by Gasteiger charge is 2.13. The van der Waals surface area contributed by atoms with Crippen molar-refractivity contribution in [3.8, 4) is 0 Å². The van der Waals surface area contributed by atoms with E-state index in [0.717, 1.165) is 11.1 Å². The molecule has 0 saturated heterocycles. The van der Waals surface area contributed by atoms with Gasteiger partial charge < -0.3 is 10.1 Å². The third kappa shape index (κ3) is 4.40. The zero-order valence-corrected chi connectivity index (χ0v) is 10.5. The van der Waals surface area contributed by atoms with Crippen LogP contribution in [0, 0.1) is 13.8 Å². The summed E-state index contributed by atoms with van der Waals surface area (Å²) in [6.45, 7) is 3.78. The molecule has 0 spiro atoms. The van der Waals surface area contributed by atoms with Gasteiger partial charge >= 0.3 is 0 Å². The summed E-state index contributed by atoms with van der Waals surface area (Å²) in [5.74, 6) is 0. The minimum atomic E-state index is -2.41. The van der Waals surface area contributed by atoms with Gasteiger partial charge in [-0.2, -0.15) is 0 Å². The van der Waals surface area contributed by atoms with Gasteiger partial charge in [0.25, 0.3) is 6.43 Å². The summed E-state index contributed by atoms with van der Waals surface area (Å²) in [6.07, 6.45) is -2.41. The number of likely N-dealkylation sites (N-methyl/N-ethyl adjacent to an activating group) is 1. The van der Waals surface area contributed by atoms with Gasteiger partial charge in [0.1, 0.15) is 6.61 Å². The number of hydrogen-bond donors (Lipinski definition) is 1. The highest BCUT2D eigenvalue weighted by Crippen LogP contribution is 2.19. The molecule has 0 saturated carbocycles. The van der Waals surface area contributed by atoms with Gasteiger partial charge in [0, 0.05) is 0 Å². The van der Waals surface area contributed by atoms with Crippen molar-refractivity contribution in [3.05, 3.63) is 34.9 Å². The summed E-state index contributed by atoms with van der Waals surface area (Å²) in [5.41, 5.74) is 3.42. The first kappa shape index (κ1) is 14.1. The summed E-state index contributed by atoms with van der Waals surface area (Å²) < 4.78 is 28.9. The van der Waals surface area contributed by atoms with Crippen LogP contribution in [0.15, 0.2) is 18.2 Å². The number of aryl methyl sites for hydroxylation is 2. The van der Waals surface area contributed by atoms with Crippen molar-refractivity contribution in [2.45, 2.75) is 26.3 Å². The fraction of sp³-hybridized carbons (Fsp3) is 0.538. The van der Waals surface area contributed by atoms with E-state index in [1.165, 1.54) is 5.56 Å². The summed E-state index contributed by atoms with van der Waals surface area (Å²) in [4.78, 5) is 0. The highest BCUT2D eigenvalue weighted by atomic mass is 19.3. The number of halogens is 2. The maximum Gasteiger partial charge on any atom is 0.261 e. The lowest BCUT2D eigenvalue weighted by Crippen LogP contribution is -2.24. The van der Waals surface area contributed by atoms with Gasteiger partial charge in [0.2, 0.25) is 0 Å². The van der Waals surface area contributed by atoms with E-state index >= 15 is 0 Å². The highest BCUT2D eigenvalue weighted by molar-refractivity contribution is 5.32. The molecule has 0 amide bonds. The van der Waals surface area contributed by atoms with Gasteiger partial charge in [0.05, 0.1) is 12.6 Å². The molecule has 0 aliphatic heterocycles. The van der Waals surface area contributed by atoms with E-state index in [4.69, 9.17) is 4.74 Å². The molecule has 1 rings (SSSR count). The topological polar surface area (TPSA) is 21.3 Å². The Hall–Kier alpha value is -1.00. The molecule has 4 heteroatoms. The summed E-state index contributed by atoms with van der Waals surface area (Å²) in [5, 5.41) is 3.08. The summed E-state index contributed by atoms with van der Waals surface area (Å²) in [6, 6.07) is 6.05. The largest absolute Gasteiger partial charge is 0.374 e. The van der Waals surface area contributed by atoms with Gasteiger partial charge in [-0.05, 0) is 32.0 Å². The van der Waals surface area contributed by atoms with E-state index < -0.39 is 13.0 Å². The molecule has 0 aliphatic carbocycles. The van der Waals surface area contributed by atoms with Crippen LogP contribution in [-0.4, -0.2) is 26.7 Å². The van der Waals surface area contributed by atoms with Crippen LogP contribution in [0.3, 0.4) is 0 Å². The molecule has 0 aliphatic rings. The fourth-order valence-corrected chi connectivity index (χ4v) is 1.82. The molecule has 2 nitrogen and oxygen atoms in total. The number of rotatable bonds is 6. The van der Waals surface area contributed by atoms with Crippen LogP contribution in [0.2, 0.25) is 0 Å². The van der Waals surface area contributed by atoms with Crippen LogP contribution in [0.4, 0.5) is 8.78 Å². The van der Waals surface area contributed by atoms with E-state index in [2.05, 4.69) is 11.4 Å². The maximum atomic E-state index is 12.0. The second-order valence-electron chi connectivity index (χ2n) is 4.13. The minimum Gasteiger partial charge on any atom is -0.374 e. The van der Waals surface area contributed by atoms with Crippen LogP contribution in [-0.2, 0) is 4.74 Å². The Kier molecular flexibility index (Phi) is 5.51. The Bertz CT molecular complexity index is 355. The van der Waals surface area contributed by atoms with Gasteiger partial charge in [-0.15, -0.1) is 0 Å². The molecular formula is C13H19F2NO. The molecule has 0 aromatic heterocycles. The molecule has 0 heterocycles. The molecule has 1 unspecified atom stereocenters. The third-order valence-electron chi connectivity index (χ3n) is 2.68. The lowest BCUT2D eigenvalue weighted by atomic mass is 10.00. The molecule has 0 radical (unpaired) electrons. The SMILES string of the molecule is CNC(COCC(F)F)c1ccc(C)cc1C. The van der Waals surface area contributed by atoms with Gasteiger partial charge in [-0.25, -0.2) is 8.78 Å². The number of ether oxygens (including phenoxy) is 1. The third-order valence-corrected chi connectivity index (χ3v) is 2.68. The molecule has 1 atom stereocenters. The van der Waals surface area contributed by atoms with Crippen molar-refractivity contribution in [1.82, 2.24) is 5.32 Å². The van der Waals surface area contributed by atoms with E-state index in [0.29, 0.717) is 0 Å². The van der Waals surface area contributed by atoms with Crippen molar-refractivity contribution >= 4 is 0 Å². The fourth-order valence-electron chi connectivity index (χ4n) is 1.82. The number of hydrogen-bond acceptors (Lipinski definition) is 2. The van der Waals surface area contributed by atoms with Crippen LogP contribution in [0.1, 0.15) is 22.7 Å². The Balaban J connectivity index is 2.66. The molecule has 1 aromatic rings. The second-order valence-corrected chi connectivity index (χ2v) is 4.13. The monoisotopic (exact) mass is 243 g/mol. The average molecular weight is 243 g/mol.